The Morgan fingerprint density at radius 2 is 1.47 bits per heavy atom. The Labute approximate surface area is 188 Å². The van der Waals surface area contributed by atoms with Crippen LogP contribution in [0.2, 0.25) is 0 Å². The summed E-state index contributed by atoms with van der Waals surface area (Å²) in [7, 11) is 0. The molecule has 1 aliphatic heterocycles. The average molecular weight is 433 g/mol. The molecule has 4 rings (SSSR count). The average Bonchev–Trinajstić information content (AvgIpc) is 2.83. The summed E-state index contributed by atoms with van der Waals surface area (Å²) in [6, 6.07) is 26.1. The normalized spacial score (nSPS) is 15.7. The maximum absolute atomic E-state index is 12.0. The quantitative estimate of drug-likeness (QED) is 0.568. The minimum absolute atomic E-state index is 0.446. The van der Waals surface area contributed by atoms with Crippen molar-refractivity contribution in [3.63, 3.8) is 0 Å². The van der Waals surface area contributed by atoms with Crippen LogP contribution in [0.1, 0.15) is 18.4 Å². The van der Waals surface area contributed by atoms with Crippen LogP contribution in [-0.4, -0.2) is 42.3 Å². The van der Waals surface area contributed by atoms with Crippen molar-refractivity contribution in [2.45, 2.75) is 18.4 Å². The van der Waals surface area contributed by atoms with Crippen molar-refractivity contribution in [2.24, 2.45) is 0 Å². The Hall–Kier alpha value is -3.35. The molecule has 32 heavy (non-hydrogen) atoms. The van der Waals surface area contributed by atoms with Gasteiger partial charge < -0.3 is 14.6 Å². The standard InChI is InChI=1S/C26H28N2O4/c29-25(27-22-9-5-2-6-10-22)32-24-13-11-23(12-14-24)31-20-19-28-17-15-26(30,16-18-28)21-7-3-1-4-8-21/h1-14,30H,15-20H2,(H,27,29). The zero-order valence-corrected chi connectivity index (χ0v) is 17.9. The Balaban J connectivity index is 1.18. The molecule has 0 saturated carbocycles. The molecule has 166 valence electrons. The third-order valence-corrected chi connectivity index (χ3v) is 5.73. The molecule has 2 N–H and O–H groups in total. The molecule has 3 aromatic carbocycles. The summed E-state index contributed by atoms with van der Waals surface area (Å²) >= 11 is 0. The van der Waals surface area contributed by atoms with Gasteiger partial charge in [-0.05, 0) is 54.8 Å². The topological polar surface area (TPSA) is 71.0 Å². The number of rotatable bonds is 7. The van der Waals surface area contributed by atoms with Gasteiger partial charge in [-0.15, -0.1) is 0 Å². The monoisotopic (exact) mass is 432 g/mol. The van der Waals surface area contributed by atoms with E-state index in [1.54, 1.807) is 36.4 Å². The predicted molar refractivity (Wildman–Crippen MR) is 124 cm³/mol. The molecule has 0 aliphatic carbocycles. The number of nitrogens with zero attached hydrogens (tertiary/aromatic N) is 1. The molecule has 0 spiro atoms. The van der Waals surface area contributed by atoms with E-state index in [9.17, 15) is 9.90 Å². The number of hydrogen-bond donors (Lipinski definition) is 2. The lowest BCUT2D eigenvalue weighted by atomic mass is 9.84. The predicted octanol–water partition coefficient (Wildman–Crippen LogP) is 4.66. The summed E-state index contributed by atoms with van der Waals surface area (Å²) < 4.78 is 11.1. The van der Waals surface area contributed by atoms with Crippen LogP contribution in [0.15, 0.2) is 84.9 Å². The second-order valence-electron chi connectivity index (χ2n) is 7.94. The first-order valence-electron chi connectivity index (χ1n) is 10.9. The molecule has 1 aliphatic rings. The van der Waals surface area contributed by atoms with Crippen LogP contribution in [0, 0.1) is 0 Å². The Morgan fingerprint density at radius 1 is 0.875 bits per heavy atom. The fraction of sp³-hybridized carbons (Fsp3) is 0.269. The van der Waals surface area contributed by atoms with E-state index in [0.717, 1.165) is 30.9 Å². The summed E-state index contributed by atoms with van der Waals surface area (Å²) in [4.78, 5) is 14.3. The van der Waals surface area contributed by atoms with Gasteiger partial charge in [-0.25, -0.2) is 4.79 Å². The van der Waals surface area contributed by atoms with Crippen LogP contribution < -0.4 is 14.8 Å². The third-order valence-electron chi connectivity index (χ3n) is 5.73. The van der Waals surface area contributed by atoms with Crippen LogP contribution in [0.3, 0.4) is 0 Å². The number of hydrogen-bond acceptors (Lipinski definition) is 5. The number of para-hydroxylation sites is 1. The van der Waals surface area contributed by atoms with Crippen LogP contribution in [-0.2, 0) is 5.60 Å². The van der Waals surface area contributed by atoms with E-state index in [-0.39, 0.29) is 0 Å². The molecular formula is C26H28N2O4. The van der Waals surface area contributed by atoms with Crippen molar-refractivity contribution in [2.75, 3.05) is 31.6 Å². The van der Waals surface area contributed by atoms with Gasteiger partial charge in [0, 0.05) is 25.3 Å². The number of carbonyl (C=O) groups excluding carboxylic acids is 1. The van der Waals surface area contributed by atoms with E-state index in [2.05, 4.69) is 10.2 Å². The maximum atomic E-state index is 12.0. The first kappa shape index (κ1) is 21.9. The van der Waals surface area contributed by atoms with Gasteiger partial charge in [0.1, 0.15) is 18.1 Å². The fourth-order valence-electron chi connectivity index (χ4n) is 3.85. The highest BCUT2D eigenvalue weighted by Gasteiger charge is 2.33. The molecule has 0 atom stereocenters. The number of ether oxygens (including phenoxy) is 2. The molecule has 1 amide bonds. The summed E-state index contributed by atoms with van der Waals surface area (Å²) in [5.41, 5.74) is 0.939. The van der Waals surface area contributed by atoms with Gasteiger partial charge in [0.15, 0.2) is 0 Å². The number of carbonyl (C=O) groups is 1. The maximum Gasteiger partial charge on any atom is 0.417 e. The summed E-state index contributed by atoms with van der Waals surface area (Å²) in [5.74, 6) is 1.17. The van der Waals surface area contributed by atoms with Gasteiger partial charge in [0.2, 0.25) is 0 Å². The Kier molecular flexibility index (Phi) is 7.04. The van der Waals surface area contributed by atoms with Crippen LogP contribution >= 0.6 is 0 Å². The minimum Gasteiger partial charge on any atom is -0.492 e. The zero-order chi connectivity index (χ0) is 22.2. The number of benzene rings is 3. The SMILES string of the molecule is O=C(Nc1ccccc1)Oc1ccc(OCCN2CCC(O)(c3ccccc3)CC2)cc1. The first-order valence-corrected chi connectivity index (χ1v) is 10.9. The second kappa shape index (κ2) is 10.3. The summed E-state index contributed by atoms with van der Waals surface area (Å²) in [6.45, 7) is 3.01. The van der Waals surface area contributed by atoms with Crippen LogP contribution in [0.4, 0.5) is 10.5 Å². The number of piperidine rings is 1. The molecule has 1 fully saturated rings. The molecule has 6 heteroatoms. The molecule has 0 unspecified atom stereocenters. The van der Waals surface area contributed by atoms with Gasteiger partial charge in [0.25, 0.3) is 0 Å². The van der Waals surface area contributed by atoms with Crippen molar-refractivity contribution in [1.29, 1.82) is 0 Å². The Morgan fingerprint density at radius 3 is 2.12 bits per heavy atom. The van der Waals surface area contributed by atoms with Gasteiger partial charge in [-0.2, -0.15) is 0 Å². The van der Waals surface area contributed by atoms with Crippen molar-refractivity contribution >= 4 is 11.8 Å². The molecular weight excluding hydrogens is 404 g/mol. The van der Waals surface area contributed by atoms with Gasteiger partial charge >= 0.3 is 6.09 Å². The second-order valence-corrected chi connectivity index (χ2v) is 7.94. The van der Waals surface area contributed by atoms with Crippen LogP contribution in [0.5, 0.6) is 11.5 Å². The molecule has 1 heterocycles. The highest BCUT2D eigenvalue weighted by atomic mass is 16.6. The van der Waals surface area contributed by atoms with E-state index in [0.29, 0.717) is 30.9 Å². The molecule has 1 saturated heterocycles. The minimum atomic E-state index is -0.735. The van der Waals surface area contributed by atoms with Crippen molar-refractivity contribution in [3.8, 4) is 11.5 Å². The van der Waals surface area contributed by atoms with E-state index < -0.39 is 11.7 Å². The van der Waals surface area contributed by atoms with Crippen LogP contribution in [0.25, 0.3) is 0 Å². The fourth-order valence-corrected chi connectivity index (χ4v) is 3.85. The highest BCUT2D eigenvalue weighted by Crippen LogP contribution is 2.32. The van der Waals surface area contributed by atoms with Gasteiger partial charge in [0.05, 0.1) is 5.60 Å². The molecule has 0 aromatic heterocycles. The number of amides is 1. The van der Waals surface area contributed by atoms with E-state index >= 15 is 0 Å². The smallest absolute Gasteiger partial charge is 0.417 e. The zero-order valence-electron chi connectivity index (χ0n) is 17.9. The number of likely N-dealkylation sites (tertiary alicyclic amines) is 1. The molecule has 0 bridgehead atoms. The summed E-state index contributed by atoms with van der Waals surface area (Å²) in [6.07, 6.45) is 0.896. The third kappa shape index (κ3) is 5.87. The molecule has 6 nitrogen and oxygen atoms in total. The van der Waals surface area contributed by atoms with Gasteiger partial charge in [-0.1, -0.05) is 48.5 Å². The van der Waals surface area contributed by atoms with E-state index in [1.807, 2.05) is 48.5 Å². The van der Waals surface area contributed by atoms with Crippen molar-refractivity contribution < 1.29 is 19.4 Å². The van der Waals surface area contributed by atoms with E-state index in [1.165, 1.54) is 0 Å². The lowest BCUT2D eigenvalue weighted by Crippen LogP contribution is -2.43. The van der Waals surface area contributed by atoms with Gasteiger partial charge in [-0.3, -0.25) is 10.2 Å². The lowest BCUT2D eigenvalue weighted by Gasteiger charge is -2.38. The highest BCUT2D eigenvalue weighted by molar-refractivity contribution is 5.86. The summed E-state index contributed by atoms with van der Waals surface area (Å²) in [5, 5.41) is 13.6. The first-order chi connectivity index (χ1) is 15.6. The number of nitrogens with one attached hydrogen (secondary N) is 1. The number of aliphatic hydroxyl groups is 1. The van der Waals surface area contributed by atoms with Crippen molar-refractivity contribution in [3.05, 3.63) is 90.5 Å². The lowest BCUT2D eigenvalue weighted by molar-refractivity contribution is -0.0278. The molecule has 0 radical (unpaired) electrons. The molecule has 3 aromatic rings. The van der Waals surface area contributed by atoms with E-state index in [4.69, 9.17) is 9.47 Å². The number of anilines is 1. The largest absolute Gasteiger partial charge is 0.492 e. The van der Waals surface area contributed by atoms with Crippen molar-refractivity contribution in [1.82, 2.24) is 4.90 Å². The Bertz CT molecular complexity index is 985.